The number of carboxylic acids is 1. The summed E-state index contributed by atoms with van der Waals surface area (Å²) >= 11 is 0. The summed E-state index contributed by atoms with van der Waals surface area (Å²) < 4.78 is 5.12. The van der Waals surface area contributed by atoms with Crippen molar-refractivity contribution in [2.45, 2.75) is 31.6 Å². The Hall–Kier alpha value is -1.51. The second-order valence-corrected chi connectivity index (χ2v) is 4.74. The standard InChI is InChI=1S/C14H18O3/c1-17-13-5-3-11(4-6-13)12-8-10(9-12)2-7-14(15)16/h3-6,10,12H,2,7-9H2,1H3,(H,15,16). The SMILES string of the molecule is COc1ccc(C2CC(CCC(=O)O)C2)cc1. The van der Waals surface area contributed by atoms with E-state index in [4.69, 9.17) is 9.84 Å². The fraction of sp³-hybridized carbons (Fsp3) is 0.500. The van der Waals surface area contributed by atoms with Crippen LogP contribution in [0.2, 0.25) is 0 Å². The van der Waals surface area contributed by atoms with Crippen molar-refractivity contribution in [1.29, 1.82) is 0 Å². The number of carboxylic acid groups (broad SMARTS) is 1. The smallest absolute Gasteiger partial charge is 0.303 e. The third-order valence-corrected chi connectivity index (χ3v) is 3.59. The summed E-state index contributed by atoms with van der Waals surface area (Å²) in [5.74, 6) is 1.41. The molecule has 0 amide bonds. The highest BCUT2D eigenvalue weighted by Gasteiger charge is 2.30. The third kappa shape index (κ3) is 2.99. The van der Waals surface area contributed by atoms with Crippen LogP contribution in [0.15, 0.2) is 24.3 Å². The molecule has 1 aromatic carbocycles. The molecular weight excluding hydrogens is 216 g/mol. The first-order chi connectivity index (χ1) is 8.19. The minimum absolute atomic E-state index is 0.306. The monoisotopic (exact) mass is 234 g/mol. The second-order valence-electron chi connectivity index (χ2n) is 4.74. The Morgan fingerprint density at radius 1 is 1.35 bits per heavy atom. The van der Waals surface area contributed by atoms with Gasteiger partial charge in [-0.15, -0.1) is 0 Å². The van der Waals surface area contributed by atoms with Gasteiger partial charge >= 0.3 is 5.97 Å². The normalized spacial score (nSPS) is 22.9. The second kappa shape index (κ2) is 5.21. The number of benzene rings is 1. The minimum Gasteiger partial charge on any atom is -0.497 e. The Morgan fingerprint density at radius 2 is 2.00 bits per heavy atom. The Labute approximate surface area is 101 Å². The lowest BCUT2D eigenvalue weighted by molar-refractivity contribution is -0.137. The van der Waals surface area contributed by atoms with Crippen molar-refractivity contribution in [3.63, 3.8) is 0 Å². The van der Waals surface area contributed by atoms with E-state index in [2.05, 4.69) is 12.1 Å². The van der Waals surface area contributed by atoms with Gasteiger partial charge in [0, 0.05) is 6.42 Å². The van der Waals surface area contributed by atoms with Crippen LogP contribution in [0.5, 0.6) is 5.75 Å². The molecule has 0 saturated heterocycles. The summed E-state index contributed by atoms with van der Waals surface area (Å²) in [4.78, 5) is 10.5. The number of aliphatic carboxylic acids is 1. The first-order valence-corrected chi connectivity index (χ1v) is 6.04. The molecule has 17 heavy (non-hydrogen) atoms. The summed E-state index contributed by atoms with van der Waals surface area (Å²) in [5.41, 5.74) is 1.34. The lowest BCUT2D eigenvalue weighted by Crippen LogP contribution is -2.22. The number of hydrogen-bond acceptors (Lipinski definition) is 2. The van der Waals surface area contributed by atoms with Crippen LogP contribution in [-0.2, 0) is 4.79 Å². The fourth-order valence-corrected chi connectivity index (χ4v) is 2.45. The molecule has 1 aromatic rings. The average Bonchev–Trinajstić information content (AvgIpc) is 2.27. The highest BCUT2D eigenvalue weighted by atomic mass is 16.5. The van der Waals surface area contributed by atoms with E-state index in [0.717, 1.165) is 25.0 Å². The molecule has 1 aliphatic carbocycles. The molecule has 0 atom stereocenters. The maximum Gasteiger partial charge on any atom is 0.303 e. The van der Waals surface area contributed by atoms with Gasteiger partial charge in [0.05, 0.1) is 7.11 Å². The van der Waals surface area contributed by atoms with Crippen molar-refractivity contribution < 1.29 is 14.6 Å². The molecule has 1 aliphatic rings. The maximum atomic E-state index is 10.5. The van der Waals surface area contributed by atoms with Gasteiger partial charge in [-0.25, -0.2) is 0 Å². The van der Waals surface area contributed by atoms with Gasteiger partial charge in [-0.3, -0.25) is 4.79 Å². The molecule has 0 unspecified atom stereocenters. The number of rotatable bonds is 5. The maximum absolute atomic E-state index is 10.5. The first kappa shape index (κ1) is 12.0. The predicted octanol–water partition coefficient (Wildman–Crippen LogP) is 3.05. The van der Waals surface area contributed by atoms with Crippen molar-refractivity contribution >= 4 is 5.97 Å². The third-order valence-electron chi connectivity index (χ3n) is 3.59. The highest BCUT2D eigenvalue weighted by Crippen LogP contribution is 2.43. The summed E-state index contributed by atoms with van der Waals surface area (Å²) in [7, 11) is 1.67. The summed E-state index contributed by atoms with van der Waals surface area (Å²) in [5, 5.41) is 8.61. The zero-order chi connectivity index (χ0) is 12.3. The summed E-state index contributed by atoms with van der Waals surface area (Å²) in [6, 6.07) is 8.19. The number of methoxy groups -OCH3 is 1. The van der Waals surface area contributed by atoms with Gasteiger partial charge in [-0.2, -0.15) is 0 Å². The van der Waals surface area contributed by atoms with E-state index in [1.54, 1.807) is 7.11 Å². The Kier molecular flexibility index (Phi) is 3.67. The molecule has 0 spiro atoms. The quantitative estimate of drug-likeness (QED) is 0.851. The zero-order valence-corrected chi connectivity index (χ0v) is 10.1. The van der Waals surface area contributed by atoms with Crippen LogP contribution in [0, 0.1) is 5.92 Å². The van der Waals surface area contributed by atoms with Crippen LogP contribution in [0.4, 0.5) is 0 Å². The molecule has 0 aromatic heterocycles. The largest absolute Gasteiger partial charge is 0.497 e. The topological polar surface area (TPSA) is 46.5 Å². The predicted molar refractivity (Wildman–Crippen MR) is 65.3 cm³/mol. The zero-order valence-electron chi connectivity index (χ0n) is 10.1. The van der Waals surface area contributed by atoms with Crippen LogP contribution in [0.1, 0.15) is 37.2 Å². The van der Waals surface area contributed by atoms with E-state index >= 15 is 0 Å². The van der Waals surface area contributed by atoms with E-state index in [9.17, 15) is 4.79 Å². The number of hydrogen-bond donors (Lipinski definition) is 1. The Balaban J connectivity index is 1.80. The summed E-state index contributed by atoms with van der Waals surface area (Å²) in [6.45, 7) is 0. The van der Waals surface area contributed by atoms with Gasteiger partial charge in [0.1, 0.15) is 5.75 Å². The van der Waals surface area contributed by atoms with E-state index in [1.165, 1.54) is 5.56 Å². The Morgan fingerprint density at radius 3 is 2.53 bits per heavy atom. The minimum atomic E-state index is -0.683. The van der Waals surface area contributed by atoms with Crippen molar-refractivity contribution in [2.75, 3.05) is 7.11 Å². The van der Waals surface area contributed by atoms with Gasteiger partial charge in [0.25, 0.3) is 0 Å². The van der Waals surface area contributed by atoms with Crippen molar-refractivity contribution in [3.8, 4) is 5.75 Å². The van der Waals surface area contributed by atoms with Gasteiger partial charge in [-0.05, 0) is 48.8 Å². The van der Waals surface area contributed by atoms with Crippen LogP contribution < -0.4 is 4.74 Å². The van der Waals surface area contributed by atoms with Crippen molar-refractivity contribution in [1.82, 2.24) is 0 Å². The average molecular weight is 234 g/mol. The van der Waals surface area contributed by atoms with E-state index in [0.29, 0.717) is 18.3 Å². The molecule has 1 fully saturated rings. The highest BCUT2D eigenvalue weighted by molar-refractivity contribution is 5.66. The van der Waals surface area contributed by atoms with E-state index in [-0.39, 0.29) is 0 Å². The van der Waals surface area contributed by atoms with Crippen LogP contribution in [0.3, 0.4) is 0 Å². The summed E-state index contributed by atoms with van der Waals surface area (Å²) in [6.07, 6.45) is 3.38. The van der Waals surface area contributed by atoms with E-state index in [1.807, 2.05) is 12.1 Å². The molecule has 3 heteroatoms. The fourth-order valence-electron chi connectivity index (χ4n) is 2.45. The number of carbonyl (C=O) groups is 1. The molecule has 1 saturated carbocycles. The molecule has 0 heterocycles. The van der Waals surface area contributed by atoms with Gasteiger partial charge in [0.15, 0.2) is 0 Å². The van der Waals surface area contributed by atoms with Gasteiger partial charge < -0.3 is 9.84 Å². The first-order valence-electron chi connectivity index (χ1n) is 6.04. The van der Waals surface area contributed by atoms with Gasteiger partial charge in [0.2, 0.25) is 0 Å². The molecule has 0 aliphatic heterocycles. The van der Waals surface area contributed by atoms with Gasteiger partial charge in [-0.1, -0.05) is 12.1 Å². The van der Waals surface area contributed by atoms with Crippen LogP contribution in [0.25, 0.3) is 0 Å². The number of ether oxygens (including phenoxy) is 1. The molecule has 0 bridgehead atoms. The van der Waals surface area contributed by atoms with Crippen LogP contribution in [-0.4, -0.2) is 18.2 Å². The van der Waals surface area contributed by atoms with Crippen LogP contribution >= 0.6 is 0 Å². The van der Waals surface area contributed by atoms with Crippen molar-refractivity contribution in [2.24, 2.45) is 5.92 Å². The lowest BCUT2D eigenvalue weighted by Gasteiger charge is -2.35. The molecule has 1 N–H and O–H groups in total. The van der Waals surface area contributed by atoms with Crippen molar-refractivity contribution in [3.05, 3.63) is 29.8 Å². The molecule has 2 rings (SSSR count). The molecule has 0 radical (unpaired) electrons. The molecule has 3 nitrogen and oxygen atoms in total. The lowest BCUT2D eigenvalue weighted by atomic mass is 9.70. The van der Waals surface area contributed by atoms with E-state index < -0.39 is 5.97 Å². The molecule has 92 valence electrons. The molecular formula is C14H18O3. The Bertz CT molecular complexity index is 377.